The molecule has 0 spiro atoms. The van der Waals surface area contributed by atoms with E-state index < -0.39 is 0 Å². The van der Waals surface area contributed by atoms with Crippen molar-refractivity contribution in [3.05, 3.63) is 51.7 Å². The van der Waals surface area contributed by atoms with Gasteiger partial charge in [0.1, 0.15) is 0 Å². The standard InChI is InChI=1S/C20H25N3O2S/c1-15-4-3-5-18(16(15)2)22-9-11-23(12-10-22)19(24)6-8-21-20(25)17-7-13-26-14-17/h3-5,7,13-14H,6,8-12H2,1-2H3,(H,21,25). The van der Waals surface area contributed by atoms with Gasteiger partial charge in [-0.05, 0) is 42.5 Å². The molecule has 6 heteroatoms. The molecule has 1 fully saturated rings. The van der Waals surface area contributed by atoms with Gasteiger partial charge in [0, 0.05) is 55.8 Å². The Bertz CT molecular complexity index is 765. The lowest BCUT2D eigenvalue weighted by Crippen LogP contribution is -2.49. The maximum absolute atomic E-state index is 12.4. The summed E-state index contributed by atoms with van der Waals surface area (Å²) in [4.78, 5) is 28.5. The number of piperazine rings is 1. The molecule has 0 aliphatic carbocycles. The van der Waals surface area contributed by atoms with Crippen LogP contribution in [0.15, 0.2) is 35.0 Å². The van der Waals surface area contributed by atoms with E-state index in [4.69, 9.17) is 0 Å². The maximum atomic E-state index is 12.4. The van der Waals surface area contributed by atoms with E-state index in [0.717, 1.165) is 26.2 Å². The molecule has 2 amide bonds. The topological polar surface area (TPSA) is 52.6 Å². The van der Waals surface area contributed by atoms with E-state index in [1.54, 1.807) is 6.07 Å². The minimum Gasteiger partial charge on any atom is -0.368 e. The summed E-state index contributed by atoms with van der Waals surface area (Å²) in [6.07, 6.45) is 0.347. The molecule has 0 bridgehead atoms. The van der Waals surface area contributed by atoms with Crippen LogP contribution in [0.5, 0.6) is 0 Å². The van der Waals surface area contributed by atoms with Gasteiger partial charge in [-0.2, -0.15) is 11.3 Å². The van der Waals surface area contributed by atoms with Crippen molar-refractivity contribution in [2.75, 3.05) is 37.6 Å². The summed E-state index contributed by atoms with van der Waals surface area (Å²) >= 11 is 1.49. The monoisotopic (exact) mass is 371 g/mol. The molecule has 0 radical (unpaired) electrons. The summed E-state index contributed by atoms with van der Waals surface area (Å²) in [5.74, 6) is -0.00461. The third kappa shape index (κ3) is 4.25. The molecule has 0 unspecified atom stereocenters. The van der Waals surface area contributed by atoms with E-state index in [-0.39, 0.29) is 11.8 Å². The third-order valence-electron chi connectivity index (χ3n) is 4.96. The SMILES string of the molecule is Cc1cccc(N2CCN(C(=O)CCNC(=O)c3ccsc3)CC2)c1C. The Balaban J connectivity index is 1.45. The number of benzene rings is 1. The first-order valence-electron chi connectivity index (χ1n) is 8.95. The summed E-state index contributed by atoms with van der Waals surface area (Å²) in [6, 6.07) is 8.16. The van der Waals surface area contributed by atoms with E-state index in [1.807, 2.05) is 15.7 Å². The van der Waals surface area contributed by atoms with Crippen LogP contribution in [0.25, 0.3) is 0 Å². The summed E-state index contributed by atoms with van der Waals surface area (Å²) in [5.41, 5.74) is 4.52. The molecule has 138 valence electrons. The molecule has 1 aliphatic rings. The minimum absolute atomic E-state index is 0.108. The number of anilines is 1. The number of nitrogens with zero attached hydrogens (tertiary/aromatic N) is 2. The van der Waals surface area contributed by atoms with E-state index in [2.05, 4.69) is 42.3 Å². The molecule has 1 aliphatic heterocycles. The zero-order valence-corrected chi connectivity index (χ0v) is 16.1. The fourth-order valence-corrected chi connectivity index (χ4v) is 3.85. The summed E-state index contributed by atoms with van der Waals surface area (Å²) in [7, 11) is 0. The fraction of sp³-hybridized carbons (Fsp3) is 0.400. The van der Waals surface area contributed by atoms with Crippen LogP contribution in [0.3, 0.4) is 0 Å². The van der Waals surface area contributed by atoms with E-state index in [0.29, 0.717) is 18.5 Å². The second kappa shape index (κ2) is 8.36. The number of carbonyl (C=O) groups excluding carboxylic acids is 2. The van der Waals surface area contributed by atoms with Gasteiger partial charge < -0.3 is 15.1 Å². The lowest BCUT2D eigenvalue weighted by atomic mass is 10.1. The normalized spacial score (nSPS) is 14.4. The van der Waals surface area contributed by atoms with Gasteiger partial charge in [0.25, 0.3) is 5.91 Å². The van der Waals surface area contributed by atoms with Gasteiger partial charge in [0.2, 0.25) is 5.91 Å². The highest BCUT2D eigenvalue weighted by Crippen LogP contribution is 2.23. The predicted octanol–water partition coefficient (Wildman–Crippen LogP) is 2.83. The van der Waals surface area contributed by atoms with Gasteiger partial charge >= 0.3 is 0 Å². The van der Waals surface area contributed by atoms with Crippen molar-refractivity contribution in [1.82, 2.24) is 10.2 Å². The molecule has 2 heterocycles. The molecule has 0 atom stereocenters. The Morgan fingerprint density at radius 2 is 1.88 bits per heavy atom. The van der Waals surface area contributed by atoms with Crippen molar-refractivity contribution < 1.29 is 9.59 Å². The zero-order valence-electron chi connectivity index (χ0n) is 15.3. The number of rotatable bonds is 5. The van der Waals surface area contributed by atoms with Crippen LogP contribution in [0.1, 0.15) is 27.9 Å². The van der Waals surface area contributed by atoms with Crippen molar-refractivity contribution in [2.45, 2.75) is 20.3 Å². The molecule has 1 N–H and O–H groups in total. The number of thiophene rings is 1. The van der Waals surface area contributed by atoms with Crippen molar-refractivity contribution >= 4 is 28.8 Å². The molecule has 3 rings (SSSR count). The zero-order chi connectivity index (χ0) is 18.5. The third-order valence-corrected chi connectivity index (χ3v) is 5.64. The highest BCUT2D eigenvalue weighted by atomic mass is 32.1. The lowest BCUT2D eigenvalue weighted by Gasteiger charge is -2.37. The van der Waals surface area contributed by atoms with Crippen molar-refractivity contribution in [3.8, 4) is 0 Å². The van der Waals surface area contributed by atoms with Gasteiger partial charge in [0.15, 0.2) is 0 Å². The van der Waals surface area contributed by atoms with Gasteiger partial charge in [0.05, 0.1) is 0 Å². The predicted molar refractivity (Wildman–Crippen MR) is 106 cm³/mol. The molecule has 26 heavy (non-hydrogen) atoms. The molecular formula is C20H25N3O2S. The second-order valence-electron chi connectivity index (χ2n) is 6.60. The van der Waals surface area contributed by atoms with Crippen LogP contribution in [0.2, 0.25) is 0 Å². The van der Waals surface area contributed by atoms with Gasteiger partial charge in [-0.3, -0.25) is 9.59 Å². The van der Waals surface area contributed by atoms with E-state index in [1.165, 1.54) is 28.2 Å². The Hall–Kier alpha value is -2.34. The van der Waals surface area contributed by atoms with Crippen LogP contribution in [0.4, 0.5) is 5.69 Å². The minimum atomic E-state index is -0.112. The Morgan fingerprint density at radius 1 is 1.12 bits per heavy atom. The smallest absolute Gasteiger partial charge is 0.252 e. The lowest BCUT2D eigenvalue weighted by molar-refractivity contribution is -0.131. The van der Waals surface area contributed by atoms with Crippen LogP contribution in [0, 0.1) is 13.8 Å². The number of aryl methyl sites for hydroxylation is 1. The van der Waals surface area contributed by atoms with E-state index >= 15 is 0 Å². The number of nitrogens with one attached hydrogen (secondary N) is 1. The van der Waals surface area contributed by atoms with Crippen LogP contribution < -0.4 is 10.2 Å². The van der Waals surface area contributed by atoms with Gasteiger partial charge in [-0.1, -0.05) is 12.1 Å². The Kier molecular flexibility index (Phi) is 5.93. The average molecular weight is 372 g/mol. The summed E-state index contributed by atoms with van der Waals surface area (Å²) in [6.45, 7) is 7.80. The highest BCUT2D eigenvalue weighted by molar-refractivity contribution is 7.08. The number of amides is 2. The van der Waals surface area contributed by atoms with Crippen LogP contribution >= 0.6 is 11.3 Å². The largest absolute Gasteiger partial charge is 0.368 e. The second-order valence-corrected chi connectivity index (χ2v) is 7.38. The van der Waals surface area contributed by atoms with Crippen LogP contribution in [-0.2, 0) is 4.79 Å². The maximum Gasteiger partial charge on any atom is 0.252 e. The van der Waals surface area contributed by atoms with Gasteiger partial charge in [-0.25, -0.2) is 0 Å². The summed E-state index contributed by atoms with van der Waals surface area (Å²) in [5, 5.41) is 6.49. The quantitative estimate of drug-likeness (QED) is 0.879. The molecule has 0 saturated carbocycles. The highest BCUT2D eigenvalue weighted by Gasteiger charge is 2.22. The summed E-state index contributed by atoms with van der Waals surface area (Å²) < 4.78 is 0. The number of hydrogen-bond acceptors (Lipinski definition) is 4. The van der Waals surface area contributed by atoms with Crippen molar-refractivity contribution in [3.63, 3.8) is 0 Å². The average Bonchev–Trinajstić information content (AvgIpc) is 3.19. The Morgan fingerprint density at radius 3 is 2.58 bits per heavy atom. The van der Waals surface area contributed by atoms with Crippen molar-refractivity contribution in [2.24, 2.45) is 0 Å². The molecular weight excluding hydrogens is 346 g/mol. The Labute approximate surface area is 158 Å². The molecule has 5 nitrogen and oxygen atoms in total. The molecule has 1 aromatic carbocycles. The number of carbonyl (C=O) groups is 2. The van der Waals surface area contributed by atoms with E-state index in [9.17, 15) is 9.59 Å². The fourth-order valence-electron chi connectivity index (χ4n) is 3.21. The molecule has 2 aromatic rings. The number of hydrogen-bond donors (Lipinski definition) is 1. The molecule has 1 saturated heterocycles. The first kappa shape index (κ1) is 18.5. The van der Waals surface area contributed by atoms with Gasteiger partial charge in [-0.15, -0.1) is 0 Å². The first-order valence-corrected chi connectivity index (χ1v) is 9.90. The molecule has 1 aromatic heterocycles. The van der Waals surface area contributed by atoms with Crippen LogP contribution in [-0.4, -0.2) is 49.4 Å². The van der Waals surface area contributed by atoms with Crippen molar-refractivity contribution in [1.29, 1.82) is 0 Å². The first-order chi connectivity index (χ1) is 12.6.